The van der Waals surface area contributed by atoms with Crippen LogP contribution in [0.15, 0.2) is 30.5 Å². The zero-order chi connectivity index (χ0) is 13.1. The van der Waals surface area contributed by atoms with E-state index in [1.54, 1.807) is 23.9 Å². The Bertz CT molecular complexity index is 577. The molecule has 2 rings (SSSR count). The molecule has 18 heavy (non-hydrogen) atoms. The topological polar surface area (TPSA) is 73.0 Å². The number of benzene rings is 1. The minimum atomic E-state index is -0.378. The van der Waals surface area contributed by atoms with Crippen molar-refractivity contribution in [3.05, 3.63) is 51.8 Å². The summed E-state index contributed by atoms with van der Waals surface area (Å²) in [6.07, 6.45) is 1.80. The van der Waals surface area contributed by atoms with Gasteiger partial charge >= 0.3 is 0 Å². The third kappa shape index (κ3) is 2.23. The van der Waals surface area contributed by atoms with E-state index in [0.29, 0.717) is 12.1 Å². The van der Waals surface area contributed by atoms with Gasteiger partial charge in [-0.1, -0.05) is 6.07 Å². The summed E-state index contributed by atoms with van der Waals surface area (Å²) < 4.78 is 1.66. The molecule has 94 valence electrons. The van der Waals surface area contributed by atoms with Crippen molar-refractivity contribution in [1.82, 2.24) is 15.1 Å². The van der Waals surface area contributed by atoms with E-state index in [1.807, 2.05) is 19.2 Å². The first-order valence-electron chi connectivity index (χ1n) is 5.57. The zero-order valence-corrected chi connectivity index (χ0v) is 10.3. The monoisotopic (exact) mass is 246 g/mol. The van der Waals surface area contributed by atoms with Crippen LogP contribution in [-0.2, 0) is 6.54 Å². The normalized spacial score (nSPS) is 10.6. The Kier molecular flexibility index (Phi) is 3.38. The summed E-state index contributed by atoms with van der Waals surface area (Å²) in [7, 11) is 1.84. The average Bonchev–Trinajstić information content (AvgIpc) is 2.78. The van der Waals surface area contributed by atoms with E-state index < -0.39 is 0 Å². The molecule has 0 fully saturated rings. The van der Waals surface area contributed by atoms with Crippen LogP contribution in [0.2, 0.25) is 0 Å². The van der Waals surface area contributed by atoms with Gasteiger partial charge in [-0.05, 0) is 26.1 Å². The molecule has 0 aliphatic rings. The minimum Gasteiger partial charge on any atom is -0.314 e. The van der Waals surface area contributed by atoms with Crippen molar-refractivity contribution >= 4 is 5.69 Å². The smallest absolute Gasteiger partial charge is 0.274 e. The van der Waals surface area contributed by atoms with Crippen molar-refractivity contribution in [3.8, 4) is 5.69 Å². The van der Waals surface area contributed by atoms with Gasteiger partial charge in [0.2, 0.25) is 0 Å². The second-order valence-electron chi connectivity index (χ2n) is 3.96. The summed E-state index contributed by atoms with van der Waals surface area (Å²) in [5.74, 6) is 0. The molecule has 1 aromatic heterocycles. The first-order chi connectivity index (χ1) is 8.63. The lowest BCUT2D eigenvalue weighted by molar-refractivity contribution is -0.385. The van der Waals surface area contributed by atoms with Crippen LogP contribution < -0.4 is 5.32 Å². The van der Waals surface area contributed by atoms with Gasteiger partial charge in [-0.15, -0.1) is 0 Å². The van der Waals surface area contributed by atoms with Crippen LogP contribution in [-0.4, -0.2) is 21.8 Å². The van der Waals surface area contributed by atoms with Crippen LogP contribution in [0.5, 0.6) is 0 Å². The third-order valence-electron chi connectivity index (χ3n) is 2.72. The lowest BCUT2D eigenvalue weighted by atomic mass is 10.1. The highest BCUT2D eigenvalue weighted by molar-refractivity contribution is 5.52. The van der Waals surface area contributed by atoms with Gasteiger partial charge in [0, 0.05) is 18.8 Å². The molecule has 2 aromatic rings. The molecular weight excluding hydrogens is 232 g/mol. The van der Waals surface area contributed by atoms with Gasteiger partial charge in [-0.25, -0.2) is 4.68 Å². The van der Waals surface area contributed by atoms with Crippen molar-refractivity contribution in [2.24, 2.45) is 0 Å². The Morgan fingerprint density at radius 2 is 2.22 bits per heavy atom. The average molecular weight is 246 g/mol. The Hall–Kier alpha value is -2.21. The van der Waals surface area contributed by atoms with Crippen LogP contribution in [0.1, 0.15) is 11.3 Å². The van der Waals surface area contributed by atoms with Gasteiger partial charge in [-0.3, -0.25) is 10.1 Å². The van der Waals surface area contributed by atoms with Crippen LogP contribution in [0.4, 0.5) is 5.69 Å². The Balaban J connectivity index is 2.43. The lowest BCUT2D eigenvalue weighted by Crippen LogP contribution is -2.07. The maximum Gasteiger partial charge on any atom is 0.274 e. The summed E-state index contributed by atoms with van der Waals surface area (Å²) >= 11 is 0. The van der Waals surface area contributed by atoms with Crippen molar-refractivity contribution in [3.63, 3.8) is 0 Å². The highest BCUT2D eigenvalue weighted by atomic mass is 16.6. The van der Waals surface area contributed by atoms with Crippen molar-refractivity contribution < 1.29 is 4.92 Å². The largest absolute Gasteiger partial charge is 0.314 e. The Morgan fingerprint density at radius 3 is 2.89 bits per heavy atom. The van der Waals surface area contributed by atoms with Gasteiger partial charge in [0.15, 0.2) is 0 Å². The molecular formula is C12H14N4O2. The maximum atomic E-state index is 10.9. The van der Waals surface area contributed by atoms with Crippen LogP contribution in [0, 0.1) is 17.0 Å². The van der Waals surface area contributed by atoms with Gasteiger partial charge in [-0.2, -0.15) is 5.10 Å². The number of aromatic nitrogens is 2. The molecule has 0 aliphatic heterocycles. The van der Waals surface area contributed by atoms with Gasteiger partial charge < -0.3 is 5.32 Å². The molecule has 1 heterocycles. The summed E-state index contributed by atoms with van der Waals surface area (Å²) in [6, 6.07) is 6.87. The quantitative estimate of drug-likeness (QED) is 0.659. The van der Waals surface area contributed by atoms with Crippen LogP contribution >= 0.6 is 0 Å². The van der Waals surface area contributed by atoms with E-state index in [0.717, 1.165) is 11.4 Å². The molecule has 0 atom stereocenters. The van der Waals surface area contributed by atoms with E-state index in [4.69, 9.17) is 0 Å². The number of rotatable bonds is 4. The molecule has 6 nitrogen and oxygen atoms in total. The van der Waals surface area contributed by atoms with Crippen LogP contribution in [0.3, 0.4) is 0 Å². The van der Waals surface area contributed by atoms with Gasteiger partial charge in [0.25, 0.3) is 5.69 Å². The molecule has 0 spiro atoms. The van der Waals surface area contributed by atoms with Crippen LogP contribution in [0.25, 0.3) is 5.69 Å². The van der Waals surface area contributed by atoms with E-state index in [-0.39, 0.29) is 10.6 Å². The van der Waals surface area contributed by atoms with Gasteiger partial charge in [0.05, 0.1) is 21.9 Å². The first kappa shape index (κ1) is 12.3. The second kappa shape index (κ2) is 4.97. The molecule has 0 saturated heterocycles. The minimum absolute atomic E-state index is 0.109. The number of nitrogens with zero attached hydrogens (tertiary/aromatic N) is 3. The van der Waals surface area contributed by atoms with Gasteiger partial charge in [0.1, 0.15) is 0 Å². The lowest BCUT2D eigenvalue weighted by Gasteiger charge is -2.06. The Morgan fingerprint density at radius 1 is 1.44 bits per heavy atom. The first-order valence-corrected chi connectivity index (χ1v) is 5.57. The Labute approximate surface area is 104 Å². The number of hydrogen-bond acceptors (Lipinski definition) is 4. The molecule has 0 aliphatic carbocycles. The number of nitrogens with one attached hydrogen (secondary N) is 1. The fraction of sp³-hybridized carbons (Fsp3) is 0.250. The predicted molar refractivity (Wildman–Crippen MR) is 67.7 cm³/mol. The van der Waals surface area contributed by atoms with Crippen molar-refractivity contribution in [2.45, 2.75) is 13.5 Å². The summed E-state index contributed by atoms with van der Waals surface area (Å²) in [5, 5.41) is 18.3. The SMILES string of the molecule is CNCc1ccn(-c2cccc([N+](=O)[O-])c2C)n1. The van der Waals surface area contributed by atoms with E-state index >= 15 is 0 Å². The molecule has 1 N–H and O–H groups in total. The standard InChI is InChI=1S/C12H14N4O2/c1-9-11(4-3-5-12(9)16(17)18)15-7-6-10(14-15)8-13-2/h3-7,13H,8H2,1-2H3. The second-order valence-corrected chi connectivity index (χ2v) is 3.96. The maximum absolute atomic E-state index is 10.9. The van der Waals surface area contributed by atoms with E-state index in [1.165, 1.54) is 6.07 Å². The third-order valence-corrected chi connectivity index (χ3v) is 2.72. The molecule has 0 unspecified atom stereocenters. The molecule has 0 radical (unpaired) electrons. The molecule has 0 saturated carbocycles. The molecule has 0 amide bonds. The van der Waals surface area contributed by atoms with E-state index in [2.05, 4.69) is 10.4 Å². The summed E-state index contributed by atoms with van der Waals surface area (Å²) in [4.78, 5) is 10.5. The summed E-state index contributed by atoms with van der Waals surface area (Å²) in [6.45, 7) is 2.40. The zero-order valence-electron chi connectivity index (χ0n) is 10.3. The highest BCUT2D eigenvalue weighted by Gasteiger charge is 2.14. The highest BCUT2D eigenvalue weighted by Crippen LogP contribution is 2.23. The molecule has 0 bridgehead atoms. The number of hydrogen-bond donors (Lipinski definition) is 1. The molecule has 6 heteroatoms. The van der Waals surface area contributed by atoms with Crippen molar-refractivity contribution in [1.29, 1.82) is 0 Å². The van der Waals surface area contributed by atoms with E-state index in [9.17, 15) is 10.1 Å². The van der Waals surface area contributed by atoms with Crippen molar-refractivity contribution in [2.75, 3.05) is 7.05 Å². The molecule has 1 aromatic carbocycles. The summed E-state index contributed by atoms with van der Waals surface area (Å²) in [5.41, 5.74) is 2.34. The number of nitro groups is 1. The predicted octanol–water partition coefficient (Wildman–Crippen LogP) is 1.81. The fourth-order valence-corrected chi connectivity index (χ4v) is 1.83. The number of nitro benzene ring substituents is 1. The fourth-order valence-electron chi connectivity index (χ4n) is 1.83.